The minimum absolute atomic E-state index is 0.132. The van der Waals surface area contributed by atoms with Gasteiger partial charge in [-0.3, -0.25) is 0 Å². The molecule has 0 spiro atoms. The first-order chi connectivity index (χ1) is 9.90. The quantitative estimate of drug-likeness (QED) is 0.820. The first kappa shape index (κ1) is 15.0. The molecular formula is C16H16O4Si. The number of carbonyl (C=O) groups is 2. The largest absolute Gasteiger partial charge is 0.478 e. The monoisotopic (exact) mass is 300 g/mol. The zero-order valence-electron chi connectivity index (χ0n) is 11.9. The molecule has 4 nitrogen and oxygen atoms in total. The van der Waals surface area contributed by atoms with E-state index in [1.165, 1.54) is 18.2 Å². The molecular weight excluding hydrogens is 284 g/mol. The predicted molar refractivity (Wildman–Crippen MR) is 84.1 cm³/mol. The molecule has 0 saturated heterocycles. The Morgan fingerprint density at radius 1 is 0.952 bits per heavy atom. The lowest BCUT2D eigenvalue weighted by Crippen LogP contribution is -2.34. The fourth-order valence-electron chi connectivity index (χ4n) is 2.29. The number of aromatic carboxylic acids is 2. The number of carboxylic acids is 2. The number of hydrogen-bond acceptors (Lipinski definition) is 2. The molecule has 0 aromatic heterocycles. The zero-order valence-corrected chi connectivity index (χ0v) is 13.3. The van der Waals surface area contributed by atoms with Crippen LogP contribution in [0.15, 0.2) is 36.4 Å². The Morgan fingerprint density at radius 2 is 1.67 bits per heavy atom. The number of carboxylic acid groups (broad SMARTS) is 2. The summed E-state index contributed by atoms with van der Waals surface area (Å²) in [5, 5.41) is 20.1. The molecule has 0 saturated carbocycles. The maximum Gasteiger partial charge on any atom is 0.335 e. The number of benzene rings is 2. The molecule has 2 rings (SSSR count). The van der Waals surface area contributed by atoms with Crippen molar-refractivity contribution in [2.24, 2.45) is 0 Å². The maximum atomic E-state index is 11.3. The predicted octanol–water partition coefficient (Wildman–Crippen LogP) is 0.819. The van der Waals surface area contributed by atoms with Gasteiger partial charge in [0.05, 0.1) is 20.6 Å². The standard InChI is InChI=1S/C16H16O4Si/c1-9-4-3-5-13(10(9)2)21-14-8-11(15(17)18)6-7-12(14)16(19)20/h3-8H,21H2,1-2H3,(H,17,18)(H,19,20). The van der Waals surface area contributed by atoms with Crippen molar-refractivity contribution in [2.75, 3.05) is 0 Å². The van der Waals surface area contributed by atoms with E-state index in [1.54, 1.807) is 0 Å². The normalized spacial score (nSPS) is 11.0. The summed E-state index contributed by atoms with van der Waals surface area (Å²) in [5.74, 6) is -2.05. The van der Waals surface area contributed by atoms with Crippen molar-refractivity contribution < 1.29 is 19.8 Å². The summed E-state index contributed by atoms with van der Waals surface area (Å²) in [7, 11) is -1.05. The smallest absolute Gasteiger partial charge is 0.335 e. The summed E-state index contributed by atoms with van der Waals surface area (Å²) in [6, 6.07) is 10.2. The van der Waals surface area contributed by atoms with Crippen LogP contribution in [0, 0.1) is 13.8 Å². The molecule has 2 aromatic rings. The van der Waals surface area contributed by atoms with Crippen LogP contribution in [0.5, 0.6) is 0 Å². The average molecular weight is 300 g/mol. The first-order valence-corrected chi connectivity index (χ1v) is 7.96. The molecule has 0 aliphatic heterocycles. The van der Waals surface area contributed by atoms with Gasteiger partial charge >= 0.3 is 11.9 Å². The minimum Gasteiger partial charge on any atom is -0.478 e. The summed E-state index contributed by atoms with van der Waals surface area (Å²) in [5.41, 5.74) is 2.65. The van der Waals surface area contributed by atoms with Crippen molar-refractivity contribution >= 4 is 31.8 Å². The van der Waals surface area contributed by atoms with Crippen LogP contribution >= 0.6 is 0 Å². The molecule has 0 atom stereocenters. The molecule has 0 aliphatic carbocycles. The first-order valence-electron chi connectivity index (χ1n) is 6.54. The molecule has 0 fully saturated rings. The minimum atomic E-state index is -1.05. The van der Waals surface area contributed by atoms with E-state index in [9.17, 15) is 14.7 Å². The van der Waals surface area contributed by atoms with Gasteiger partial charge in [-0.15, -0.1) is 0 Å². The van der Waals surface area contributed by atoms with Gasteiger partial charge in [-0.25, -0.2) is 9.59 Å². The Hall–Kier alpha value is -2.40. The highest BCUT2D eigenvalue weighted by molar-refractivity contribution is 6.69. The van der Waals surface area contributed by atoms with Gasteiger partial charge in [-0.05, 0) is 48.4 Å². The van der Waals surface area contributed by atoms with Crippen molar-refractivity contribution in [3.63, 3.8) is 0 Å². The zero-order chi connectivity index (χ0) is 15.6. The molecule has 0 heterocycles. The van der Waals surface area contributed by atoms with E-state index in [1.807, 2.05) is 32.0 Å². The lowest BCUT2D eigenvalue weighted by atomic mass is 10.1. The molecule has 0 aliphatic rings. The van der Waals surface area contributed by atoms with E-state index in [0.29, 0.717) is 5.19 Å². The fraction of sp³-hybridized carbons (Fsp3) is 0.125. The third kappa shape index (κ3) is 3.20. The van der Waals surface area contributed by atoms with Crippen molar-refractivity contribution in [1.82, 2.24) is 0 Å². The molecule has 0 radical (unpaired) electrons. The molecule has 0 amide bonds. The van der Waals surface area contributed by atoms with Crippen molar-refractivity contribution in [3.8, 4) is 0 Å². The van der Waals surface area contributed by atoms with Crippen LogP contribution in [-0.4, -0.2) is 31.7 Å². The summed E-state index contributed by atoms with van der Waals surface area (Å²) in [4.78, 5) is 22.4. The fourth-order valence-corrected chi connectivity index (χ4v) is 4.28. The van der Waals surface area contributed by atoms with Gasteiger partial charge in [0.1, 0.15) is 0 Å². The van der Waals surface area contributed by atoms with Crippen LogP contribution in [0.1, 0.15) is 31.8 Å². The van der Waals surface area contributed by atoms with Crippen molar-refractivity contribution in [2.45, 2.75) is 13.8 Å². The highest BCUT2D eigenvalue weighted by Crippen LogP contribution is 2.05. The van der Waals surface area contributed by atoms with Crippen LogP contribution in [-0.2, 0) is 0 Å². The van der Waals surface area contributed by atoms with Crippen LogP contribution < -0.4 is 10.4 Å². The van der Waals surface area contributed by atoms with E-state index >= 15 is 0 Å². The average Bonchev–Trinajstić information content (AvgIpc) is 2.43. The van der Waals surface area contributed by atoms with E-state index in [0.717, 1.165) is 16.3 Å². The molecule has 2 N–H and O–H groups in total. The van der Waals surface area contributed by atoms with E-state index < -0.39 is 21.5 Å². The van der Waals surface area contributed by atoms with Crippen molar-refractivity contribution in [3.05, 3.63) is 58.7 Å². The Labute approximate surface area is 124 Å². The summed E-state index contributed by atoms with van der Waals surface area (Å²) in [6.07, 6.45) is 0. The van der Waals surface area contributed by atoms with Gasteiger partial charge in [0.15, 0.2) is 0 Å². The Morgan fingerprint density at radius 3 is 2.29 bits per heavy atom. The summed E-state index contributed by atoms with van der Waals surface area (Å²) >= 11 is 0. The SMILES string of the molecule is Cc1cccc([SiH2]c2cc(C(=O)O)ccc2C(=O)O)c1C. The highest BCUT2D eigenvalue weighted by atomic mass is 28.2. The maximum absolute atomic E-state index is 11.3. The molecule has 0 bridgehead atoms. The van der Waals surface area contributed by atoms with Crippen LogP contribution in [0.2, 0.25) is 0 Å². The molecule has 0 unspecified atom stereocenters. The number of hydrogen-bond donors (Lipinski definition) is 2. The lowest BCUT2D eigenvalue weighted by Gasteiger charge is -2.11. The molecule has 2 aromatic carbocycles. The van der Waals surface area contributed by atoms with Gasteiger partial charge in [0, 0.05) is 0 Å². The Balaban J connectivity index is 2.51. The number of rotatable bonds is 4. The highest BCUT2D eigenvalue weighted by Gasteiger charge is 2.15. The van der Waals surface area contributed by atoms with Crippen molar-refractivity contribution in [1.29, 1.82) is 0 Å². The third-order valence-corrected chi connectivity index (χ3v) is 5.79. The van der Waals surface area contributed by atoms with Gasteiger partial charge in [0.2, 0.25) is 0 Å². The third-order valence-electron chi connectivity index (χ3n) is 3.68. The van der Waals surface area contributed by atoms with Gasteiger partial charge in [-0.1, -0.05) is 23.4 Å². The summed E-state index contributed by atoms with van der Waals surface area (Å²) < 4.78 is 0. The molecule has 5 heteroatoms. The van der Waals surface area contributed by atoms with Gasteiger partial charge in [0.25, 0.3) is 0 Å². The van der Waals surface area contributed by atoms with Gasteiger partial charge in [-0.2, -0.15) is 0 Å². The van der Waals surface area contributed by atoms with Crippen LogP contribution in [0.3, 0.4) is 0 Å². The second kappa shape index (κ2) is 5.93. The Bertz CT molecular complexity index is 722. The van der Waals surface area contributed by atoms with E-state index in [2.05, 4.69) is 0 Å². The van der Waals surface area contributed by atoms with E-state index in [4.69, 9.17) is 5.11 Å². The second-order valence-electron chi connectivity index (χ2n) is 5.02. The number of aryl methyl sites for hydroxylation is 1. The summed E-state index contributed by atoms with van der Waals surface area (Å²) in [6.45, 7) is 4.03. The lowest BCUT2D eigenvalue weighted by molar-refractivity contribution is 0.0682. The van der Waals surface area contributed by atoms with Crippen LogP contribution in [0.4, 0.5) is 0 Å². The molecule has 21 heavy (non-hydrogen) atoms. The van der Waals surface area contributed by atoms with Crippen LogP contribution in [0.25, 0.3) is 0 Å². The Kier molecular flexibility index (Phi) is 4.23. The topological polar surface area (TPSA) is 74.6 Å². The van der Waals surface area contributed by atoms with E-state index in [-0.39, 0.29) is 11.1 Å². The van der Waals surface area contributed by atoms with Gasteiger partial charge < -0.3 is 10.2 Å². The molecule has 108 valence electrons. The second-order valence-corrected chi connectivity index (χ2v) is 6.90.